The van der Waals surface area contributed by atoms with Gasteiger partial charge >= 0.3 is 6.03 Å². The Morgan fingerprint density at radius 1 is 1.52 bits per heavy atom. The predicted octanol–water partition coefficient (Wildman–Crippen LogP) is 3.22. The predicted molar refractivity (Wildman–Crippen MR) is 95.8 cm³/mol. The molecule has 3 rings (SSSR count). The molecule has 1 saturated heterocycles. The van der Waals surface area contributed by atoms with Gasteiger partial charge in [0, 0.05) is 30.6 Å². The van der Waals surface area contributed by atoms with Gasteiger partial charge in [0.2, 0.25) is 0 Å². The molecule has 1 aromatic heterocycles. The lowest BCUT2D eigenvalue weighted by Crippen LogP contribution is -2.46. The summed E-state index contributed by atoms with van der Waals surface area (Å²) in [5, 5.41) is 13.3. The smallest absolute Gasteiger partial charge is 0.317 e. The largest absolute Gasteiger partial charge is 0.497 e. The van der Waals surface area contributed by atoms with E-state index in [0.717, 1.165) is 47.4 Å². The zero-order chi connectivity index (χ0) is 18.0. The number of ether oxygens (including phenoxy) is 1. The molecule has 2 heterocycles. The molecular weight excluding hydrogens is 320 g/mol. The maximum Gasteiger partial charge on any atom is 0.317 e. The molecule has 0 radical (unpaired) electrons. The standard InChI is InChI=1S/C19H26N2O4/c1-12-16-9-15(24-3)6-7-17(16)25-18(12)13(2)20-19(23)21-8-4-5-14(10-21)11-22/h6-7,9,13-14,22H,4-5,8,10-11H2,1-3H3,(H,20,23). The van der Waals surface area contributed by atoms with Gasteiger partial charge in [-0.3, -0.25) is 0 Å². The number of hydrogen-bond acceptors (Lipinski definition) is 4. The molecule has 0 spiro atoms. The fourth-order valence-electron chi connectivity index (χ4n) is 3.50. The lowest BCUT2D eigenvalue weighted by Gasteiger charge is -2.32. The van der Waals surface area contributed by atoms with Gasteiger partial charge in [-0.15, -0.1) is 0 Å². The van der Waals surface area contributed by atoms with E-state index in [2.05, 4.69) is 5.32 Å². The number of benzene rings is 1. The first-order valence-electron chi connectivity index (χ1n) is 8.76. The summed E-state index contributed by atoms with van der Waals surface area (Å²) >= 11 is 0. The van der Waals surface area contributed by atoms with E-state index < -0.39 is 0 Å². The highest BCUT2D eigenvalue weighted by Gasteiger charge is 2.25. The molecule has 2 aromatic rings. The Bertz CT molecular complexity index is 755. The molecule has 2 amide bonds. The number of carbonyl (C=O) groups is 1. The first-order chi connectivity index (χ1) is 12.0. The van der Waals surface area contributed by atoms with Crippen LogP contribution in [0.3, 0.4) is 0 Å². The van der Waals surface area contributed by atoms with Crippen molar-refractivity contribution in [2.45, 2.75) is 32.7 Å². The number of urea groups is 1. The van der Waals surface area contributed by atoms with Crippen LogP contribution >= 0.6 is 0 Å². The van der Waals surface area contributed by atoms with E-state index in [9.17, 15) is 9.90 Å². The average Bonchev–Trinajstić information content (AvgIpc) is 2.98. The molecular formula is C19H26N2O4. The van der Waals surface area contributed by atoms with E-state index in [1.165, 1.54) is 0 Å². The SMILES string of the molecule is COc1ccc2oc(C(C)NC(=O)N3CCCC(CO)C3)c(C)c2c1. The van der Waals surface area contributed by atoms with E-state index in [1.807, 2.05) is 32.0 Å². The fraction of sp³-hybridized carbons (Fsp3) is 0.526. The van der Waals surface area contributed by atoms with Crippen molar-refractivity contribution in [3.8, 4) is 5.75 Å². The molecule has 0 aliphatic carbocycles. The monoisotopic (exact) mass is 346 g/mol. The third-order valence-electron chi connectivity index (χ3n) is 4.98. The molecule has 6 heteroatoms. The number of aliphatic hydroxyl groups excluding tert-OH is 1. The molecule has 1 aliphatic heterocycles. The van der Waals surface area contributed by atoms with E-state index >= 15 is 0 Å². The van der Waals surface area contributed by atoms with Crippen molar-refractivity contribution in [3.63, 3.8) is 0 Å². The van der Waals surface area contributed by atoms with Gasteiger partial charge in [0.25, 0.3) is 0 Å². The second kappa shape index (κ2) is 7.35. The lowest BCUT2D eigenvalue weighted by molar-refractivity contribution is 0.127. The number of fused-ring (bicyclic) bond motifs is 1. The first-order valence-corrected chi connectivity index (χ1v) is 8.76. The Morgan fingerprint density at radius 2 is 2.32 bits per heavy atom. The van der Waals surface area contributed by atoms with Gasteiger partial charge in [-0.05, 0) is 50.8 Å². The Balaban J connectivity index is 1.74. The van der Waals surface area contributed by atoms with Gasteiger partial charge in [-0.2, -0.15) is 0 Å². The van der Waals surface area contributed by atoms with Crippen molar-refractivity contribution >= 4 is 17.0 Å². The molecule has 1 fully saturated rings. The van der Waals surface area contributed by atoms with E-state index in [-0.39, 0.29) is 24.6 Å². The first kappa shape index (κ1) is 17.6. The van der Waals surface area contributed by atoms with Gasteiger partial charge in [0.15, 0.2) is 0 Å². The van der Waals surface area contributed by atoms with Crippen molar-refractivity contribution in [1.82, 2.24) is 10.2 Å². The Morgan fingerprint density at radius 3 is 3.04 bits per heavy atom. The number of aliphatic hydroxyl groups is 1. The number of hydrogen-bond donors (Lipinski definition) is 2. The van der Waals surface area contributed by atoms with Gasteiger partial charge in [-0.1, -0.05) is 0 Å². The highest BCUT2D eigenvalue weighted by molar-refractivity contribution is 5.84. The number of rotatable bonds is 4. The number of likely N-dealkylation sites (tertiary alicyclic amines) is 1. The third-order valence-corrected chi connectivity index (χ3v) is 4.98. The highest BCUT2D eigenvalue weighted by atomic mass is 16.5. The van der Waals surface area contributed by atoms with Crippen LogP contribution in [0.2, 0.25) is 0 Å². The van der Waals surface area contributed by atoms with Gasteiger partial charge in [0.05, 0.1) is 13.2 Å². The number of nitrogens with one attached hydrogen (secondary N) is 1. The molecule has 2 N–H and O–H groups in total. The van der Waals surface area contributed by atoms with E-state index in [1.54, 1.807) is 12.0 Å². The number of furan rings is 1. The highest BCUT2D eigenvalue weighted by Crippen LogP contribution is 2.32. The van der Waals surface area contributed by atoms with E-state index in [0.29, 0.717) is 6.54 Å². The Kier molecular flexibility index (Phi) is 5.18. The summed E-state index contributed by atoms with van der Waals surface area (Å²) in [7, 11) is 1.64. The molecule has 2 unspecified atom stereocenters. The minimum atomic E-state index is -0.236. The summed E-state index contributed by atoms with van der Waals surface area (Å²) in [6.07, 6.45) is 1.90. The van der Waals surface area contributed by atoms with Crippen molar-refractivity contribution in [3.05, 3.63) is 29.5 Å². The quantitative estimate of drug-likeness (QED) is 0.891. The molecule has 25 heavy (non-hydrogen) atoms. The topological polar surface area (TPSA) is 74.9 Å². The lowest BCUT2D eigenvalue weighted by atomic mass is 9.99. The molecule has 2 atom stereocenters. The summed E-state index contributed by atoms with van der Waals surface area (Å²) in [5.74, 6) is 1.71. The number of carbonyl (C=O) groups excluding carboxylic acids is 1. The third kappa shape index (κ3) is 3.58. The van der Waals surface area contributed by atoms with Gasteiger partial charge in [-0.25, -0.2) is 4.79 Å². The van der Waals surface area contributed by atoms with Crippen molar-refractivity contribution < 1.29 is 19.1 Å². The van der Waals surface area contributed by atoms with Crippen LogP contribution in [0.5, 0.6) is 5.75 Å². The van der Waals surface area contributed by atoms with Crippen LogP contribution < -0.4 is 10.1 Å². The van der Waals surface area contributed by atoms with Crippen LogP contribution in [-0.2, 0) is 0 Å². The van der Waals surface area contributed by atoms with Crippen molar-refractivity contribution in [2.24, 2.45) is 5.92 Å². The number of piperidine rings is 1. The molecule has 136 valence electrons. The van der Waals surface area contributed by atoms with Crippen LogP contribution in [0.1, 0.15) is 37.1 Å². The second-order valence-corrected chi connectivity index (χ2v) is 6.76. The van der Waals surface area contributed by atoms with Crippen LogP contribution in [0.4, 0.5) is 4.79 Å². The minimum Gasteiger partial charge on any atom is -0.497 e. The van der Waals surface area contributed by atoms with Gasteiger partial charge in [0.1, 0.15) is 17.1 Å². The molecule has 0 saturated carbocycles. The molecule has 0 bridgehead atoms. The fourth-order valence-corrected chi connectivity index (χ4v) is 3.50. The minimum absolute atomic E-state index is 0.108. The van der Waals surface area contributed by atoms with Crippen LogP contribution in [0, 0.1) is 12.8 Å². The molecule has 6 nitrogen and oxygen atoms in total. The summed E-state index contributed by atoms with van der Waals surface area (Å²) in [5.41, 5.74) is 1.79. The summed E-state index contributed by atoms with van der Waals surface area (Å²) in [4.78, 5) is 14.3. The van der Waals surface area contributed by atoms with Crippen LogP contribution in [0.25, 0.3) is 11.0 Å². The molecule has 1 aromatic carbocycles. The Hall–Kier alpha value is -2.21. The normalized spacial score (nSPS) is 19.0. The summed E-state index contributed by atoms with van der Waals surface area (Å²) in [6.45, 7) is 5.37. The maximum absolute atomic E-state index is 12.5. The maximum atomic E-state index is 12.5. The van der Waals surface area contributed by atoms with Crippen molar-refractivity contribution in [2.75, 3.05) is 26.8 Å². The van der Waals surface area contributed by atoms with Crippen LogP contribution in [0.15, 0.2) is 22.6 Å². The van der Waals surface area contributed by atoms with Gasteiger partial charge < -0.3 is 24.5 Å². The van der Waals surface area contributed by atoms with Crippen molar-refractivity contribution in [1.29, 1.82) is 0 Å². The summed E-state index contributed by atoms with van der Waals surface area (Å²) in [6, 6.07) is 5.35. The zero-order valence-corrected chi connectivity index (χ0v) is 15.0. The number of aryl methyl sites for hydroxylation is 1. The number of amides is 2. The number of nitrogens with zero attached hydrogens (tertiary/aromatic N) is 1. The average molecular weight is 346 g/mol. The van der Waals surface area contributed by atoms with E-state index in [4.69, 9.17) is 9.15 Å². The zero-order valence-electron chi connectivity index (χ0n) is 15.0. The Labute approximate surface area is 147 Å². The van der Waals surface area contributed by atoms with Crippen LogP contribution in [-0.4, -0.2) is 42.8 Å². The second-order valence-electron chi connectivity index (χ2n) is 6.76. The number of methoxy groups -OCH3 is 1. The molecule has 1 aliphatic rings. The summed E-state index contributed by atoms with van der Waals surface area (Å²) < 4.78 is 11.2.